The minimum atomic E-state index is -0.692. The van der Waals surface area contributed by atoms with Crippen LogP contribution in [0.2, 0.25) is 0 Å². The lowest BCUT2D eigenvalue weighted by Crippen LogP contribution is -2.52. The van der Waals surface area contributed by atoms with Crippen LogP contribution >= 0.6 is 15.9 Å². The molecular weight excluding hydrogens is 577 g/mol. The van der Waals surface area contributed by atoms with E-state index in [4.69, 9.17) is 0 Å². The lowest BCUT2D eigenvalue weighted by Gasteiger charge is -2.35. The van der Waals surface area contributed by atoms with Gasteiger partial charge in [0.2, 0.25) is 11.8 Å². The number of hydrogen-bond acceptors (Lipinski definition) is 6. The number of likely N-dealkylation sites (N-methyl/N-ethyl adjacent to an activating group) is 1. The highest BCUT2D eigenvalue weighted by Gasteiger charge is 2.40. The Hall–Kier alpha value is -2.82. The van der Waals surface area contributed by atoms with E-state index in [2.05, 4.69) is 61.2 Å². The van der Waals surface area contributed by atoms with E-state index < -0.39 is 11.9 Å². The monoisotopic (exact) mass is 611 g/mol. The van der Waals surface area contributed by atoms with Crippen LogP contribution < -0.4 is 10.2 Å². The van der Waals surface area contributed by atoms with Gasteiger partial charge in [0, 0.05) is 55.7 Å². The second-order valence-corrected chi connectivity index (χ2v) is 12.4. The molecule has 3 fully saturated rings. The largest absolute Gasteiger partial charge is 0.368 e. The zero-order valence-electron chi connectivity index (χ0n) is 22.8. The number of halogens is 2. The molecule has 4 heterocycles. The van der Waals surface area contributed by atoms with Crippen LogP contribution in [0.25, 0.3) is 0 Å². The molecule has 212 valence electrons. The molecule has 1 N–H and O–H groups in total. The van der Waals surface area contributed by atoms with E-state index in [1.807, 2.05) is 6.07 Å². The van der Waals surface area contributed by atoms with Gasteiger partial charge < -0.3 is 14.7 Å². The molecule has 6 rings (SSSR count). The van der Waals surface area contributed by atoms with E-state index >= 15 is 4.39 Å². The van der Waals surface area contributed by atoms with Crippen LogP contribution in [0, 0.1) is 5.82 Å². The number of carbonyl (C=O) groups excluding carboxylic acids is 3. The summed E-state index contributed by atoms with van der Waals surface area (Å²) in [7, 11) is 2.16. The molecule has 1 unspecified atom stereocenters. The Balaban J connectivity index is 1.07. The van der Waals surface area contributed by atoms with E-state index in [1.165, 1.54) is 22.2 Å². The number of imide groups is 1. The van der Waals surface area contributed by atoms with Gasteiger partial charge in [0.25, 0.3) is 5.91 Å². The third kappa shape index (κ3) is 5.41. The van der Waals surface area contributed by atoms with Gasteiger partial charge in [-0.25, -0.2) is 4.39 Å². The minimum Gasteiger partial charge on any atom is -0.368 e. The summed E-state index contributed by atoms with van der Waals surface area (Å²) in [6.07, 6.45) is 2.20. The summed E-state index contributed by atoms with van der Waals surface area (Å²) in [4.78, 5) is 45.6. The zero-order valence-corrected chi connectivity index (χ0v) is 24.4. The van der Waals surface area contributed by atoms with Crippen molar-refractivity contribution in [3.63, 3.8) is 0 Å². The van der Waals surface area contributed by atoms with Crippen LogP contribution in [0.4, 0.5) is 10.1 Å². The predicted molar refractivity (Wildman–Crippen MR) is 154 cm³/mol. The highest BCUT2D eigenvalue weighted by molar-refractivity contribution is 9.10. The maximum Gasteiger partial charge on any atom is 0.255 e. The highest BCUT2D eigenvalue weighted by atomic mass is 79.9. The Morgan fingerprint density at radius 2 is 1.73 bits per heavy atom. The van der Waals surface area contributed by atoms with Gasteiger partial charge in [0.05, 0.1) is 5.69 Å². The molecule has 4 aliphatic rings. The molecule has 10 heteroatoms. The summed E-state index contributed by atoms with van der Waals surface area (Å²) in [6.45, 7) is 7.09. The predicted octanol–water partition coefficient (Wildman–Crippen LogP) is 3.48. The van der Waals surface area contributed by atoms with Gasteiger partial charge in [-0.3, -0.25) is 24.6 Å². The van der Waals surface area contributed by atoms with Gasteiger partial charge in [0.1, 0.15) is 11.9 Å². The summed E-state index contributed by atoms with van der Waals surface area (Å²) in [5.41, 5.74) is 4.26. The lowest BCUT2D eigenvalue weighted by atomic mass is 9.87. The molecule has 4 aliphatic heterocycles. The molecule has 3 saturated heterocycles. The van der Waals surface area contributed by atoms with Gasteiger partial charge in [-0.2, -0.15) is 0 Å². The Kier molecular flexibility index (Phi) is 7.67. The van der Waals surface area contributed by atoms with Crippen molar-refractivity contribution in [3.05, 3.63) is 62.9 Å². The zero-order chi connectivity index (χ0) is 28.0. The van der Waals surface area contributed by atoms with Gasteiger partial charge in [-0.15, -0.1) is 0 Å². The number of anilines is 1. The number of fused-ring (bicyclic) bond motifs is 1. The number of piperidine rings is 2. The fourth-order valence-corrected chi connectivity index (χ4v) is 7.21. The van der Waals surface area contributed by atoms with Crippen LogP contribution in [-0.2, 0) is 22.7 Å². The second-order valence-electron chi connectivity index (χ2n) is 11.6. The number of nitrogens with zero attached hydrogens (tertiary/aromatic N) is 4. The number of piperazine rings is 1. The fraction of sp³-hybridized carbons (Fsp3) is 0.500. The van der Waals surface area contributed by atoms with E-state index in [0.29, 0.717) is 17.5 Å². The summed E-state index contributed by atoms with van der Waals surface area (Å²) in [5, 5.41) is 2.31. The van der Waals surface area contributed by atoms with Crippen molar-refractivity contribution in [1.29, 1.82) is 0 Å². The molecule has 3 amide bonds. The summed E-state index contributed by atoms with van der Waals surface area (Å²) in [6, 6.07) is 9.16. The third-order valence-corrected chi connectivity index (χ3v) is 9.57. The lowest BCUT2D eigenvalue weighted by molar-refractivity contribution is -0.136. The minimum absolute atomic E-state index is 0.0904. The molecule has 0 radical (unpaired) electrons. The van der Waals surface area contributed by atoms with E-state index in [9.17, 15) is 14.4 Å². The van der Waals surface area contributed by atoms with Crippen molar-refractivity contribution in [2.75, 3.05) is 51.2 Å². The Morgan fingerprint density at radius 1 is 0.975 bits per heavy atom. The van der Waals surface area contributed by atoms with Crippen molar-refractivity contribution in [1.82, 2.24) is 20.0 Å². The van der Waals surface area contributed by atoms with E-state index in [0.717, 1.165) is 68.7 Å². The molecule has 8 nitrogen and oxygen atoms in total. The first-order chi connectivity index (χ1) is 19.3. The standard InChI is InChI=1S/C30H35BrFN5O3/c1-34-10-12-36(13-11-34)26-3-2-19(14-24(26)31)17-35-8-6-20(7-9-35)22-15-21-18-37(30(40)23(21)16-25(22)32)27-4-5-28(38)33-29(27)39/h2-3,14-16,20,27H,4-13,17-18H2,1H3,(H,33,38,39). The molecule has 2 aromatic carbocycles. The molecule has 1 atom stereocenters. The average Bonchev–Trinajstić information content (AvgIpc) is 3.24. The number of hydrogen-bond donors (Lipinski definition) is 1. The topological polar surface area (TPSA) is 76.2 Å². The van der Waals surface area contributed by atoms with Gasteiger partial charge in [-0.05, 0) is 96.1 Å². The maximum absolute atomic E-state index is 15.3. The first-order valence-electron chi connectivity index (χ1n) is 14.2. The summed E-state index contributed by atoms with van der Waals surface area (Å²) in [5.74, 6) is -1.37. The molecule has 0 aliphatic carbocycles. The second kappa shape index (κ2) is 11.2. The van der Waals surface area contributed by atoms with Crippen molar-refractivity contribution >= 4 is 39.3 Å². The normalized spacial score (nSPS) is 23.1. The number of carbonyl (C=O) groups is 3. The smallest absolute Gasteiger partial charge is 0.255 e. The SMILES string of the molecule is CN1CCN(c2ccc(CN3CCC(c4cc5c(cc4F)C(=O)N(C4CCC(=O)NC4=O)C5)CC3)cc2Br)CC1. The molecular formula is C30H35BrFN5O3. The number of nitrogens with one attached hydrogen (secondary N) is 1. The van der Waals surface area contributed by atoms with Crippen LogP contribution in [0.5, 0.6) is 0 Å². The fourth-order valence-electron chi connectivity index (χ4n) is 6.53. The number of benzene rings is 2. The maximum atomic E-state index is 15.3. The Labute approximate surface area is 242 Å². The van der Waals surface area contributed by atoms with Crippen LogP contribution in [0.15, 0.2) is 34.8 Å². The quantitative estimate of drug-likeness (QED) is 0.522. The van der Waals surface area contributed by atoms with Crippen LogP contribution in [-0.4, -0.2) is 84.8 Å². The third-order valence-electron chi connectivity index (χ3n) is 8.93. The molecule has 0 aromatic heterocycles. The number of likely N-dealkylation sites (tertiary alicyclic amines) is 1. The number of amides is 3. The average molecular weight is 613 g/mol. The number of rotatable bonds is 5. The van der Waals surface area contributed by atoms with Gasteiger partial charge >= 0.3 is 0 Å². The molecule has 0 bridgehead atoms. The molecule has 2 aromatic rings. The van der Waals surface area contributed by atoms with Gasteiger partial charge in [-0.1, -0.05) is 12.1 Å². The van der Waals surface area contributed by atoms with Crippen molar-refractivity contribution in [3.8, 4) is 0 Å². The Bertz CT molecular complexity index is 1340. The summed E-state index contributed by atoms with van der Waals surface area (Å²) < 4.78 is 16.4. The van der Waals surface area contributed by atoms with Crippen LogP contribution in [0.3, 0.4) is 0 Å². The first kappa shape index (κ1) is 27.4. The van der Waals surface area contributed by atoms with Crippen molar-refractivity contribution < 1.29 is 18.8 Å². The molecule has 40 heavy (non-hydrogen) atoms. The summed E-state index contributed by atoms with van der Waals surface area (Å²) >= 11 is 3.79. The highest BCUT2D eigenvalue weighted by Crippen LogP contribution is 2.36. The van der Waals surface area contributed by atoms with E-state index in [-0.39, 0.29) is 36.5 Å². The first-order valence-corrected chi connectivity index (χ1v) is 15.0. The van der Waals surface area contributed by atoms with Gasteiger partial charge in [0.15, 0.2) is 0 Å². The van der Waals surface area contributed by atoms with E-state index in [1.54, 1.807) is 0 Å². The molecule has 0 saturated carbocycles. The Morgan fingerprint density at radius 3 is 2.42 bits per heavy atom. The molecule has 0 spiro atoms. The van der Waals surface area contributed by atoms with Crippen molar-refractivity contribution in [2.24, 2.45) is 0 Å². The van der Waals surface area contributed by atoms with Crippen molar-refractivity contribution in [2.45, 2.75) is 50.7 Å². The van der Waals surface area contributed by atoms with Crippen LogP contribution in [0.1, 0.15) is 58.6 Å².